The summed E-state index contributed by atoms with van der Waals surface area (Å²) in [5.41, 5.74) is 1.64. The predicted octanol–water partition coefficient (Wildman–Crippen LogP) is 2.35. The van der Waals surface area contributed by atoms with Crippen molar-refractivity contribution in [3.05, 3.63) is 53.9 Å². The smallest absolute Gasteiger partial charge is 0.254 e. The molecule has 0 aliphatic carbocycles. The number of nitrogens with zero attached hydrogens (tertiary/aromatic N) is 2. The lowest BCUT2D eigenvalue weighted by atomic mass is 10.0. The van der Waals surface area contributed by atoms with E-state index in [-0.39, 0.29) is 5.91 Å². The molecule has 2 aliphatic rings. The molecule has 27 heavy (non-hydrogen) atoms. The van der Waals surface area contributed by atoms with E-state index in [9.17, 15) is 4.79 Å². The van der Waals surface area contributed by atoms with Crippen LogP contribution in [0.15, 0.2) is 42.7 Å². The van der Waals surface area contributed by atoms with E-state index < -0.39 is 0 Å². The van der Waals surface area contributed by atoms with Crippen LogP contribution < -0.4 is 14.8 Å². The summed E-state index contributed by atoms with van der Waals surface area (Å²) in [6, 6.07) is 9.30. The monoisotopic (exact) mass is 367 g/mol. The lowest BCUT2D eigenvalue weighted by Crippen LogP contribution is -2.31. The molecule has 1 aromatic heterocycles. The molecule has 1 N–H and O–H groups in total. The van der Waals surface area contributed by atoms with Crippen LogP contribution in [0.1, 0.15) is 22.8 Å². The molecular weight excluding hydrogens is 342 g/mol. The molecule has 2 saturated heterocycles. The lowest BCUT2D eigenvalue weighted by Gasteiger charge is -2.19. The summed E-state index contributed by atoms with van der Waals surface area (Å²) in [5, 5.41) is 3.41. The summed E-state index contributed by atoms with van der Waals surface area (Å²) in [5.74, 6) is 2.49. The standard InChI is InChI=1S/C21H25N3O3/c1-2-26-20-8-16(21(25)24-12-17-10-23-11-18(17)13-24)5-6-19(20)27-14-15-4-3-7-22-9-15/h3-9,17-18,23H,2,10-14H2,1H3/t17-,18+. The summed E-state index contributed by atoms with van der Waals surface area (Å²) in [7, 11) is 0. The third kappa shape index (κ3) is 3.90. The first-order valence-corrected chi connectivity index (χ1v) is 9.53. The van der Waals surface area contributed by atoms with Gasteiger partial charge in [0.05, 0.1) is 6.61 Å². The van der Waals surface area contributed by atoms with Gasteiger partial charge in [-0.25, -0.2) is 0 Å². The average molecular weight is 367 g/mol. The molecule has 4 rings (SSSR count). The largest absolute Gasteiger partial charge is 0.490 e. The topological polar surface area (TPSA) is 63.7 Å². The second-order valence-corrected chi connectivity index (χ2v) is 7.13. The Morgan fingerprint density at radius 3 is 2.70 bits per heavy atom. The predicted molar refractivity (Wildman–Crippen MR) is 102 cm³/mol. The molecule has 2 atom stereocenters. The Morgan fingerprint density at radius 1 is 1.19 bits per heavy atom. The first-order valence-electron chi connectivity index (χ1n) is 9.53. The van der Waals surface area contributed by atoms with Crippen molar-refractivity contribution in [3.8, 4) is 11.5 Å². The van der Waals surface area contributed by atoms with Gasteiger partial charge in [0.25, 0.3) is 5.91 Å². The fraction of sp³-hybridized carbons (Fsp3) is 0.429. The van der Waals surface area contributed by atoms with Crippen LogP contribution in [0.3, 0.4) is 0 Å². The third-order valence-electron chi connectivity index (χ3n) is 5.28. The van der Waals surface area contributed by atoms with Gasteiger partial charge in [-0.15, -0.1) is 0 Å². The molecular formula is C21H25N3O3. The highest BCUT2D eigenvalue weighted by atomic mass is 16.5. The van der Waals surface area contributed by atoms with Gasteiger partial charge in [-0.3, -0.25) is 9.78 Å². The molecule has 0 radical (unpaired) electrons. The number of pyridine rings is 1. The zero-order valence-electron chi connectivity index (χ0n) is 15.6. The first kappa shape index (κ1) is 17.8. The number of rotatable bonds is 6. The Hall–Kier alpha value is -2.60. The van der Waals surface area contributed by atoms with Gasteiger partial charge in [0.2, 0.25) is 0 Å². The Kier molecular flexibility index (Phi) is 5.25. The van der Waals surface area contributed by atoms with E-state index in [0.717, 1.165) is 31.7 Å². The molecule has 0 unspecified atom stereocenters. The highest BCUT2D eigenvalue weighted by molar-refractivity contribution is 5.95. The number of carbonyl (C=O) groups is 1. The van der Waals surface area contributed by atoms with Gasteiger partial charge in [-0.05, 0) is 43.0 Å². The number of nitrogens with one attached hydrogen (secondary N) is 1. The van der Waals surface area contributed by atoms with Gasteiger partial charge in [-0.2, -0.15) is 0 Å². The Balaban J connectivity index is 1.47. The maximum Gasteiger partial charge on any atom is 0.254 e. The average Bonchev–Trinajstić information content (AvgIpc) is 3.30. The van der Waals surface area contributed by atoms with E-state index in [1.54, 1.807) is 18.5 Å². The van der Waals surface area contributed by atoms with Crippen LogP contribution in [-0.4, -0.2) is 48.6 Å². The van der Waals surface area contributed by atoms with Crippen LogP contribution in [-0.2, 0) is 6.61 Å². The number of likely N-dealkylation sites (tertiary alicyclic amines) is 1. The molecule has 1 aromatic carbocycles. The van der Waals surface area contributed by atoms with Crippen molar-refractivity contribution in [1.29, 1.82) is 0 Å². The summed E-state index contributed by atoms with van der Waals surface area (Å²) in [6.07, 6.45) is 3.51. The quantitative estimate of drug-likeness (QED) is 0.849. The molecule has 3 heterocycles. The van der Waals surface area contributed by atoms with Gasteiger partial charge in [-0.1, -0.05) is 6.07 Å². The number of carbonyl (C=O) groups excluding carboxylic acids is 1. The highest BCUT2D eigenvalue weighted by Crippen LogP contribution is 2.32. The molecule has 0 saturated carbocycles. The van der Waals surface area contributed by atoms with Gasteiger partial charge < -0.3 is 19.7 Å². The maximum atomic E-state index is 12.9. The zero-order chi connectivity index (χ0) is 18.6. The normalized spacial score (nSPS) is 21.1. The number of amides is 1. The van der Waals surface area contributed by atoms with Crippen molar-refractivity contribution >= 4 is 5.91 Å². The summed E-state index contributed by atoms with van der Waals surface area (Å²) < 4.78 is 11.6. The van der Waals surface area contributed by atoms with Gasteiger partial charge in [0, 0.05) is 49.7 Å². The minimum absolute atomic E-state index is 0.0733. The first-order chi connectivity index (χ1) is 13.2. The molecule has 1 amide bonds. The van der Waals surface area contributed by atoms with Crippen molar-refractivity contribution in [1.82, 2.24) is 15.2 Å². The van der Waals surface area contributed by atoms with Crippen molar-refractivity contribution in [2.75, 3.05) is 32.8 Å². The molecule has 142 valence electrons. The van der Waals surface area contributed by atoms with Crippen LogP contribution in [0.2, 0.25) is 0 Å². The summed E-state index contributed by atoms with van der Waals surface area (Å²) >= 11 is 0. The maximum absolute atomic E-state index is 12.9. The van der Waals surface area contributed by atoms with E-state index in [4.69, 9.17) is 9.47 Å². The van der Waals surface area contributed by atoms with E-state index >= 15 is 0 Å². The summed E-state index contributed by atoms with van der Waals surface area (Å²) in [4.78, 5) is 19.0. The van der Waals surface area contributed by atoms with Crippen molar-refractivity contribution in [2.24, 2.45) is 11.8 Å². The second-order valence-electron chi connectivity index (χ2n) is 7.13. The molecule has 6 heteroatoms. The van der Waals surface area contributed by atoms with E-state index in [1.165, 1.54) is 0 Å². The van der Waals surface area contributed by atoms with Crippen LogP contribution in [0.25, 0.3) is 0 Å². The lowest BCUT2D eigenvalue weighted by molar-refractivity contribution is 0.0781. The van der Waals surface area contributed by atoms with E-state index in [1.807, 2.05) is 36.1 Å². The Bertz CT molecular complexity index is 785. The summed E-state index contributed by atoms with van der Waals surface area (Å²) in [6.45, 7) is 6.54. The second kappa shape index (κ2) is 7.96. The number of ether oxygens (including phenoxy) is 2. The van der Waals surface area contributed by atoms with E-state index in [0.29, 0.717) is 42.1 Å². The van der Waals surface area contributed by atoms with Gasteiger partial charge in [0.15, 0.2) is 11.5 Å². The minimum Gasteiger partial charge on any atom is -0.490 e. The zero-order valence-corrected chi connectivity index (χ0v) is 15.6. The van der Waals surface area contributed by atoms with Gasteiger partial charge in [0.1, 0.15) is 6.61 Å². The molecule has 2 fully saturated rings. The van der Waals surface area contributed by atoms with Crippen LogP contribution in [0.5, 0.6) is 11.5 Å². The van der Waals surface area contributed by atoms with Crippen molar-refractivity contribution in [2.45, 2.75) is 13.5 Å². The molecule has 0 spiro atoms. The minimum atomic E-state index is 0.0733. The van der Waals surface area contributed by atoms with Crippen LogP contribution in [0.4, 0.5) is 0 Å². The molecule has 2 aliphatic heterocycles. The highest BCUT2D eigenvalue weighted by Gasteiger charge is 2.38. The Morgan fingerprint density at radius 2 is 2.00 bits per heavy atom. The van der Waals surface area contributed by atoms with Gasteiger partial charge >= 0.3 is 0 Å². The molecule has 0 bridgehead atoms. The van der Waals surface area contributed by atoms with Crippen molar-refractivity contribution < 1.29 is 14.3 Å². The number of aromatic nitrogens is 1. The fourth-order valence-corrected chi connectivity index (χ4v) is 3.88. The number of benzene rings is 1. The SMILES string of the molecule is CCOc1cc(C(=O)N2C[C@H]3CNC[C@H]3C2)ccc1OCc1cccnc1. The fourth-order valence-electron chi connectivity index (χ4n) is 3.88. The van der Waals surface area contributed by atoms with Crippen LogP contribution >= 0.6 is 0 Å². The third-order valence-corrected chi connectivity index (χ3v) is 5.28. The Labute approximate surface area is 159 Å². The number of hydrogen-bond donors (Lipinski definition) is 1. The number of fused-ring (bicyclic) bond motifs is 1. The van der Waals surface area contributed by atoms with E-state index in [2.05, 4.69) is 10.3 Å². The molecule has 6 nitrogen and oxygen atoms in total. The molecule has 2 aromatic rings. The van der Waals surface area contributed by atoms with Crippen molar-refractivity contribution in [3.63, 3.8) is 0 Å². The number of hydrogen-bond acceptors (Lipinski definition) is 5. The van der Waals surface area contributed by atoms with Crippen LogP contribution in [0, 0.1) is 11.8 Å².